The van der Waals surface area contributed by atoms with Crippen LogP contribution in [0, 0.1) is 12.3 Å². The van der Waals surface area contributed by atoms with Gasteiger partial charge in [0.1, 0.15) is 0 Å². The zero-order chi connectivity index (χ0) is 12.3. The molecule has 1 atom stereocenters. The number of piperidine rings is 1. The van der Waals surface area contributed by atoms with Crippen molar-refractivity contribution in [3.05, 3.63) is 24.0 Å². The molecule has 1 amide bonds. The molecule has 4 heteroatoms. The van der Waals surface area contributed by atoms with E-state index in [1.165, 1.54) is 0 Å². The lowest BCUT2D eigenvalue weighted by molar-refractivity contribution is -0.125. The van der Waals surface area contributed by atoms with Gasteiger partial charge in [0.25, 0.3) is 0 Å². The van der Waals surface area contributed by atoms with Gasteiger partial charge in [-0.05, 0) is 44.9 Å². The van der Waals surface area contributed by atoms with Gasteiger partial charge < -0.3 is 10.6 Å². The standard InChI is InChI=1S/C13H19N3O/c1-10-8-14-7-4-11(10)16-12(17)13(2)5-3-6-15-9-13/h4,7-8,15H,3,5-6,9H2,1-2H3,(H,14,16,17). The lowest BCUT2D eigenvalue weighted by Gasteiger charge is -2.32. The van der Waals surface area contributed by atoms with E-state index in [4.69, 9.17) is 0 Å². The Kier molecular flexibility index (Phi) is 3.43. The number of hydrogen-bond donors (Lipinski definition) is 2. The maximum absolute atomic E-state index is 12.3. The quantitative estimate of drug-likeness (QED) is 0.817. The van der Waals surface area contributed by atoms with Crippen LogP contribution >= 0.6 is 0 Å². The van der Waals surface area contributed by atoms with E-state index in [1.807, 2.05) is 19.9 Å². The van der Waals surface area contributed by atoms with E-state index in [1.54, 1.807) is 12.4 Å². The zero-order valence-corrected chi connectivity index (χ0v) is 10.4. The van der Waals surface area contributed by atoms with E-state index in [0.717, 1.165) is 37.2 Å². The van der Waals surface area contributed by atoms with Gasteiger partial charge in [-0.3, -0.25) is 9.78 Å². The Labute approximate surface area is 102 Å². The number of anilines is 1. The van der Waals surface area contributed by atoms with Crippen molar-refractivity contribution in [3.8, 4) is 0 Å². The third-order valence-electron chi connectivity index (χ3n) is 3.41. The second-order valence-electron chi connectivity index (χ2n) is 4.99. The molecule has 2 rings (SSSR count). The molecule has 0 aliphatic carbocycles. The molecule has 1 fully saturated rings. The fraction of sp³-hybridized carbons (Fsp3) is 0.538. The predicted octanol–water partition coefficient (Wildman–Crippen LogP) is 1.72. The predicted molar refractivity (Wildman–Crippen MR) is 67.8 cm³/mol. The van der Waals surface area contributed by atoms with Gasteiger partial charge in [-0.25, -0.2) is 0 Å². The number of pyridine rings is 1. The van der Waals surface area contributed by atoms with E-state index >= 15 is 0 Å². The first kappa shape index (κ1) is 12.0. The summed E-state index contributed by atoms with van der Waals surface area (Å²) in [7, 11) is 0. The molecule has 0 saturated carbocycles. The molecule has 0 aromatic carbocycles. The summed E-state index contributed by atoms with van der Waals surface area (Å²) in [5.41, 5.74) is 1.55. The molecule has 1 aromatic heterocycles. The van der Waals surface area contributed by atoms with Crippen LogP contribution in [0.5, 0.6) is 0 Å². The third kappa shape index (κ3) is 2.64. The summed E-state index contributed by atoms with van der Waals surface area (Å²) in [5, 5.41) is 6.28. The van der Waals surface area contributed by atoms with Crippen molar-refractivity contribution in [1.82, 2.24) is 10.3 Å². The summed E-state index contributed by atoms with van der Waals surface area (Å²) in [5.74, 6) is 0.0963. The maximum atomic E-state index is 12.3. The van der Waals surface area contributed by atoms with Crippen LogP contribution in [-0.4, -0.2) is 24.0 Å². The molecule has 2 N–H and O–H groups in total. The van der Waals surface area contributed by atoms with Crippen molar-refractivity contribution in [3.63, 3.8) is 0 Å². The van der Waals surface area contributed by atoms with E-state index < -0.39 is 0 Å². The Hall–Kier alpha value is -1.42. The van der Waals surface area contributed by atoms with Gasteiger partial charge in [0.15, 0.2) is 0 Å². The fourth-order valence-electron chi connectivity index (χ4n) is 2.14. The van der Waals surface area contributed by atoms with Crippen LogP contribution in [0.25, 0.3) is 0 Å². The molecule has 2 heterocycles. The lowest BCUT2D eigenvalue weighted by Crippen LogP contribution is -2.46. The Bertz CT molecular complexity index is 411. The highest BCUT2D eigenvalue weighted by molar-refractivity contribution is 5.95. The number of rotatable bonds is 2. The van der Waals surface area contributed by atoms with Crippen molar-refractivity contribution in [2.45, 2.75) is 26.7 Å². The number of amides is 1. The summed E-state index contributed by atoms with van der Waals surface area (Å²) in [6.45, 7) is 5.73. The second kappa shape index (κ2) is 4.84. The van der Waals surface area contributed by atoms with Gasteiger partial charge in [0.2, 0.25) is 5.91 Å². The molecule has 1 aromatic rings. The van der Waals surface area contributed by atoms with Crippen LogP contribution in [0.15, 0.2) is 18.5 Å². The summed E-state index contributed by atoms with van der Waals surface area (Å²) in [6, 6.07) is 1.84. The van der Waals surface area contributed by atoms with Crippen LogP contribution in [0.3, 0.4) is 0 Å². The molecule has 4 nitrogen and oxygen atoms in total. The van der Waals surface area contributed by atoms with Gasteiger partial charge in [-0.15, -0.1) is 0 Å². The summed E-state index contributed by atoms with van der Waals surface area (Å²) in [4.78, 5) is 16.3. The topological polar surface area (TPSA) is 54.0 Å². The first-order valence-electron chi connectivity index (χ1n) is 6.05. The van der Waals surface area contributed by atoms with E-state index in [2.05, 4.69) is 15.6 Å². The van der Waals surface area contributed by atoms with Crippen molar-refractivity contribution in [2.24, 2.45) is 5.41 Å². The van der Waals surface area contributed by atoms with Crippen molar-refractivity contribution in [1.29, 1.82) is 0 Å². The Morgan fingerprint density at radius 1 is 1.59 bits per heavy atom. The van der Waals surface area contributed by atoms with Gasteiger partial charge >= 0.3 is 0 Å². The number of carbonyl (C=O) groups is 1. The average Bonchev–Trinajstić information content (AvgIpc) is 2.33. The smallest absolute Gasteiger partial charge is 0.231 e. The Morgan fingerprint density at radius 2 is 2.41 bits per heavy atom. The molecule has 1 aliphatic rings. The van der Waals surface area contributed by atoms with Gasteiger partial charge in [-0.2, -0.15) is 0 Å². The normalized spacial score (nSPS) is 24.4. The minimum Gasteiger partial charge on any atom is -0.325 e. The number of aromatic nitrogens is 1. The molecule has 0 spiro atoms. The van der Waals surface area contributed by atoms with Crippen LogP contribution in [0.4, 0.5) is 5.69 Å². The van der Waals surface area contributed by atoms with Gasteiger partial charge in [0.05, 0.1) is 5.41 Å². The molecule has 1 unspecified atom stereocenters. The lowest BCUT2D eigenvalue weighted by atomic mass is 9.82. The molecule has 0 bridgehead atoms. The van der Waals surface area contributed by atoms with Crippen LogP contribution in [0.1, 0.15) is 25.3 Å². The second-order valence-corrected chi connectivity index (χ2v) is 4.99. The Morgan fingerprint density at radius 3 is 3.06 bits per heavy atom. The molecule has 17 heavy (non-hydrogen) atoms. The fourth-order valence-corrected chi connectivity index (χ4v) is 2.14. The van der Waals surface area contributed by atoms with Crippen LogP contribution in [-0.2, 0) is 4.79 Å². The summed E-state index contributed by atoms with van der Waals surface area (Å²) in [6.07, 6.45) is 5.45. The van der Waals surface area contributed by atoms with Gasteiger partial charge in [-0.1, -0.05) is 0 Å². The van der Waals surface area contributed by atoms with Crippen molar-refractivity contribution in [2.75, 3.05) is 18.4 Å². The van der Waals surface area contributed by atoms with E-state index in [9.17, 15) is 4.79 Å². The minimum absolute atomic E-state index is 0.0963. The van der Waals surface area contributed by atoms with Crippen LogP contribution < -0.4 is 10.6 Å². The molecular weight excluding hydrogens is 214 g/mol. The number of nitrogens with zero attached hydrogens (tertiary/aromatic N) is 1. The number of nitrogens with one attached hydrogen (secondary N) is 2. The largest absolute Gasteiger partial charge is 0.325 e. The highest BCUT2D eigenvalue weighted by Crippen LogP contribution is 2.27. The van der Waals surface area contributed by atoms with E-state index in [0.29, 0.717) is 0 Å². The SMILES string of the molecule is Cc1cnccc1NC(=O)C1(C)CCCNC1. The van der Waals surface area contributed by atoms with Crippen LogP contribution in [0.2, 0.25) is 0 Å². The third-order valence-corrected chi connectivity index (χ3v) is 3.41. The maximum Gasteiger partial charge on any atom is 0.231 e. The average molecular weight is 233 g/mol. The minimum atomic E-state index is -0.298. The monoisotopic (exact) mass is 233 g/mol. The molecule has 1 saturated heterocycles. The first-order valence-corrected chi connectivity index (χ1v) is 6.05. The number of hydrogen-bond acceptors (Lipinski definition) is 3. The molecular formula is C13H19N3O. The summed E-state index contributed by atoms with van der Waals surface area (Å²) >= 11 is 0. The van der Waals surface area contributed by atoms with Gasteiger partial charge in [0, 0.05) is 24.6 Å². The highest BCUT2D eigenvalue weighted by Gasteiger charge is 2.34. The highest BCUT2D eigenvalue weighted by atomic mass is 16.2. The zero-order valence-electron chi connectivity index (χ0n) is 10.4. The van der Waals surface area contributed by atoms with Crippen molar-refractivity contribution < 1.29 is 4.79 Å². The number of carbonyl (C=O) groups excluding carboxylic acids is 1. The van der Waals surface area contributed by atoms with Crippen molar-refractivity contribution >= 4 is 11.6 Å². The van der Waals surface area contributed by atoms with E-state index in [-0.39, 0.29) is 11.3 Å². The summed E-state index contributed by atoms with van der Waals surface area (Å²) < 4.78 is 0. The Balaban J connectivity index is 2.08. The molecule has 1 aliphatic heterocycles. The number of aryl methyl sites for hydroxylation is 1. The molecule has 0 radical (unpaired) electrons. The molecule has 92 valence electrons. The first-order chi connectivity index (χ1) is 8.12.